The number of imidazole rings is 1. The molecule has 3 aromatic rings. The lowest BCUT2D eigenvalue weighted by molar-refractivity contribution is 0.252. The summed E-state index contributed by atoms with van der Waals surface area (Å²) in [5.74, 6) is 0. The van der Waals surface area contributed by atoms with E-state index in [2.05, 4.69) is 20.6 Å². The van der Waals surface area contributed by atoms with Crippen LogP contribution in [0.15, 0.2) is 47.3 Å². The number of urea groups is 1. The van der Waals surface area contributed by atoms with Gasteiger partial charge in [-0.25, -0.2) is 9.59 Å². The fourth-order valence-corrected chi connectivity index (χ4v) is 2.49. The summed E-state index contributed by atoms with van der Waals surface area (Å²) in [6, 6.07) is 12.3. The first kappa shape index (κ1) is 15.2. The number of fused-ring (bicyclic) bond motifs is 1. The Morgan fingerprint density at radius 3 is 2.74 bits per heavy atom. The summed E-state index contributed by atoms with van der Waals surface area (Å²) in [7, 11) is 0. The third-order valence-corrected chi connectivity index (χ3v) is 3.60. The van der Waals surface area contributed by atoms with Gasteiger partial charge in [0.25, 0.3) is 0 Å². The normalized spacial score (nSPS) is 10.7. The zero-order valence-corrected chi connectivity index (χ0v) is 12.9. The Kier molecular flexibility index (Phi) is 4.34. The van der Waals surface area contributed by atoms with E-state index < -0.39 is 0 Å². The predicted octanol–water partition coefficient (Wildman–Crippen LogP) is 2.87. The second-order valence-electron chi connectivity index (χ2n) is 5.10. The minimum atomic E-state index is -0.289. The summed E-state index contributed by atoms with van der Waals surface area (Å²) in [6.07, 6.45) is 0.659. The third-order valence-electron chi connectivity index (χ3n) is 3.36. The van der Waals surface area contributed by atoms with Crippen molar-refractivity contribution < 1.29 is 4.79 Å². The summed E-state index contributed by atoms with van der Waals surface area (Å²) in [6.45, 7) is 0.479. The maximum absolute atomic E-state index is 11.8. The van der Waals surface area contributed by atoms with Crippen LogP contribution < -0.4 is 16.3 Å². The highest BCUT2D eigenvalue weighted by Crippen LogP contribution is 2.14. The number of H-pyrrole nitrogens is 2. The van der Waals surface area contributed by atoms with Crippen LogP contribution in [0.4, 0.5) is 10.5 Å². The average Bonchev–Trinajstić information content (AvgIpc) is 2.86. The van der Waals surface area contributed by atoms with Crippen LogP contribution >= 0.6 is 11.6 Å². The van der Waals surface area contributed by atoms with Crippen LogP contribution in [-0.2, 0) is 6.42 Å². The Balaban J connectivity index is 1.53. The van der Waals surface area contributed by atoms with Crippen molar-refractivity contribution in [3.63, 3.8) is 0 Å². The molecule has 3 rings (SSSR count). The van der Waals surface area contributed by atoms with Gasteiger partial charge in [0, 0.05) is 17.3 Å². The molecule has 0 fully saturated rings. The first-order chi connectivity index (χ1) is 11.1. The topological polar surface area (TPSA) is 89.8 Å². The van der Waals surface area contributed by atoms with Crippen molar-refractivity contribution in [2.45, 2.75) is 6.42 Å². The number of aromatic nitrogens is 2. The standard InChI is InChI=1S/C16H15ClN4O2/c17-11-2-1-3-12(9-11)19-15(22)18-7-6-10-4-5-13-14(8-10)21-16(23)20-13/h1-5,8-9H,6-7H2,(H2,18,19,22)(H2,20,21,23). The van der Waals surface area contributed by atoms with Gasteiger partial charge in [-0.2, -0.15) is 0 Å². The molecule has 2 aromatic carbocycles. The molecule has 0 spiro atoms. The average molecular weight is 331 g/mol. The number of anilines is 1. The Morgan fingerprint density at radius 2 is 1.91 bits per heavy atom. The number of halogens is 1. The van der Waals surface area contributed by atoms with Crippen molar-refractivity contribution in [2.75, 3.05) is 11.9 Å². The van der Waals surface area contributed by atoms with Crippen LogP contribution in [0, 0.1) is 0 Å². The second-order valence-corrected chi connectivity index (χ2v) is 5.54. The summed E-state index contributed by atoms with van der Waals surface area (Å²) in [5.41, 5.74) is 2.97. The highest BCUT2D eigenvalue weighted by molar-refractivity contribution is 6.30. The molecule has 1 heterocycles. The molecule has 2 amide bonds. The number of amides is 2. The second kappa shape index (κ2) is 6.58. The lowest BCUT2D eigenvalue weighted by Gasteiger charge is -2.08. The fraction of sp³-hybridized carbons (Fsp3) is 0.125. The van der Waals surface area contributed by atoms with Crippen LogP contribution in [0.1, 0.15) is 5.56 Å². The van der Waals surface area contributed by atoms with Gasteiger partial charge in [0.2, 0.25) is 0 Å². The van der Waals surface area contributed by atoms with Gasteiger partial charge in [-0.05, 0) is 42.3 Å². The number of rotatable bonds is 4. The molecule has 0 saturated carbocycles. The van der Waals surface area contributed by atoms with Crippen LogP contribution in [0.3, 0.4) is 0 Å². The first-order valence-electron chi connectivity index (χ1n) is 7.11. The van der Waals surface area contributed by atoms with Gasteiger partial charge in [-0.15, -0.1) is 0 Å². The first-order valence-corrected chi connectivity index (χ1v) is 7.49. The predicted molar refractivity (Wildman–Crippen MR) is 91.1 cm³/mol. The van der Waals surface area contributed by atoms with E-state index in [9.17, 15) is 9.59 Å². The molecule has 0 aliphatic heterocycles. The molecule has 23 heavy (non-hydrogen) atoms. The molecule has 0 atom stereocenters. The number of carbonyl (C=O) groups excluding carboxylic acids is 1. The molecule has 0 saturated heterocycles. The lowest BCUT2D eigenvalue weighted by atomic mass is 10.1. The molecule has 1 aromatic heterocycles. The Bertz CT molecular complexity index is 900. The molecule has 6 nitrogen and oxygen atoms in total. The Hall–Kier alpha value is -2.73. The molecular weight excluding hydrogens is 316 g/mol. The number of nitrogens with one attached hydrogen (secondary N) is 4. The van der Waals surface area contributed by atoms with E-state index in [1.54, 1.807) is 24.3 Å². The van der Waals surface area contributed by atoms with Gasteiger partial charge in [-0.3, -0.25) is 0 Å². The van der Waals surface area contributed by atoms with E-state index in [4.69, 9.17) is 11.6 Å². The largest absolute Gasteiger partial charge is 0.338 e. The minimum absolute atomic E-state index is 0.226. The van der Waals surface area contributed by atoms with Crippen molar-refractivity contribution >= 4 is 34.4 Å². The summed E-state index contributed by atoms with van der Waals surface area (Å²) in [5, 5.41) is 6.06. The molecule has 4 N–H and O–H groups in total. The van der Waals surface area contributed by atoms with Gasteiger partial charge < -0.3 is 20.6 Å². The minimum Gasteiger partial charge on any atom is -0.338 e. The van der Waals surface area contributed by atoms with Crippen LogP contribution in [0.5, 0.6) is 0 Å². The molecule has 0 bridgehead atoms. The van der Waals surface area contributed by atoms with E-state index in [0.717, 1.165) is 16.6 Å². The summed E-state index contributed by atoms with van der Waals surface area (Å²) in [4.78, 5) is 28.4. The molecule has 0 aliphatic carbocycles. The molecule has 0 aliphatic rings. The SMILES string of the molecule is O=C(NCCc1ccc2[nH]c(=O)[nH]c2c1)Nc1cccc(Cl)c1. The van der Waals surface area contributed by atoms with Crippen molar-refractivity contribution in [2.24, 2.45) is 0 Å². The molecule has 7 heteroatoms. The van der Waals surface area contributed by atoms with Gasteiger partial charge in [-0.1, -0.05) is 23.7 Å². The third kappa shape index (κ3) is 3.92. The van der Waals surface area contributed by atoms with Crippen LogP contribution in [-0.4, -0.2) is 22.5 Å². The van der Waals surface area contributed by atoms with E-state index in [1.165, 1.54) is 0 Å². The number of benzene rings is 2. The van der Waals surface area contributed by atoms with Crippen LogP contribution in [0.25, 0.3) is 11.0 Å². The van der Waals surface area contributed by atoms with E-state index >= 15 is 0 Å². The molecule has 0 unspecified atom stereocenters. The zero-order chi connectivity index (χ0) is 16.2. The molecular formula is C16H15ClN4O2. The highest BCUT2D eigenvalue weighted by Gasteiger charge is 2.03. The van der Waals surface area contributed by atoms with E-state index in [0.29, 0.717) is 23.7 Å². The smallest absolute Gasteiger partial charge is 0.323 e. The van der Waals surface area contributed by atoms with Crippen molar-refractivity contribution in [3.05, 3.63) is 63.5 Å². The van der Waals surface area contributed by atoms with Crippen molar-refractivity contribution in [3.8, 4) is 0 Å². The maximum Gasteiger partial charge on any atom is 0.323 e. The zero-order valence-electron chi connectivity index (χ0n) is 12.2. The van der Waals surface area contributed by atoms with Gasteiger partial charge in [0.1, 0.15) is 0 Å². The van der Waals surface area contributed by atoms with Crippen LogP contribution in [0.2, 0.25) is 5.02 Å². The van der Waals surface area contributed by atoms with Gasteiger partial charge in [0.05, 0.1) is 11.0 Å². The summed E-state index contributed by atoms with van der Waals surface area (Å²) < 4.78 is 0. The van der Waals surface area contributed by atoms with Crippen molar-refractivity contribution in [1.29, 1.82) is 0 Å². The van der Waals surface area contributed by atoms with Gasteiger partial charge in [0.15, 0.2) is 0 Å². The summed E-state index contributed by atoms with van der Waals surface area (Å²) >= 11 is 5.86. The monoisotopic (exact) mass is 330 g/mol. The van der Waals surface area contributed by atoms with E-state index in [-0.39, 0.29) is 11.7 Å². The highest BCUT2D eigenvalue weighted by atomic mass is 35.5. The molecule has 118 valence electrons. The number of hydrogen-bond acceptors (Lipinski definition) is 2. The maximum atomic E-state index is 11.8. The number of carbonyl (C=O) groups is 1. The number of aromatic amines is 2. The fourth-order valence-electron chi connectivity index (χ4n) is 2.30. The Morgan fingerprint density at radius 1 is 1.09 bits per heavy atom. The van der Waals surface area contributed by atoms with Gasteiger partial charge >= 0.3 is 11.7 Å². The Labute approximate surface area is 136 Å². The lowest BCUT2D eigenvalue weighted by Crippen LogP contribution is -2.30. The van der Waals surface area contributed by atoms with Crippen molar-refractivity contribution in [1.82, 2.24) is 15.3 Å². The quantitative estimate of drug-likeness (QED) is 0.592. The molecule has 0 radical (unpaired) electrons. The van der Waals surface area contributed by atoms with E-state index in [1.807, 2.05) is 18.2 Å². The number of hydrogen-bond donors (Lipinski definition) is 4.